The van der Waals surface area contributed by atoms with E-state index in [1.54, 1.807) is 7.11 Å². The summed E-state index contributed by atoms with van der Waals surface area (Å²) in [5.41, 5.74) is 9.87. The van der Waals surface area contributed by atoms with Crippen molar-refractivity contribution in [2.75, 3.05) is 20.3 Å². The molecule has 0 fully saturated rings. The highest BCUT2D eigenvalue weighted by molar-refractivity contribution is 9.11. The van der Waals surface area contributed by atoms with E-state index in [4.69, 9.17) is 26.8 Å². The molecule has 1 aliphatic heterocycles. The summed E-state index contributed by atoms with van der Waals surface area (Å²) >= 11 is 13.6. The minimum absolute atomic E-state index is 0.0326. The number of methoxy groups -OCH3 is 1. The van der Waals surface area contributed by atoms with Crippen LogP contribution < -0.4 is 10.5 Å². The molecule has 2 N–H and O–H groups in total. The minimum atomic E-state index is -0.576. The molecule has 4 rings (SSSR count). The lowest BCUT2D eigenvalue weighted by Crippen LogP contribution is -2.43. The predicted octanol–water partition coefficient (Wildman–Crippen LogP) is 6.83. The van der Waals surface area contributed by atoms with Crippen LogP contribution in [0.3, 0.4) is 0 Å². The SMILES string of the molecule is COCCN1C(N)=C(C#N)[C@H](c2cc(Br)c(OCc3ccccc3Cl)c(Br)c2)C2=C1CC(C)(C)CC2=O. The first-order valence-corrected chi connectivity index (χ1v) is 13.8. The van der Waals surface area contributed by atoms with Crippen LogP contribution in [0.2, 0.25) is 5.02 Å². The fraction of sp³-hybridized carbons (Fsp3) is 0.357. The quantitative estimate of drug-likeness (QED) is 0.354. The van der Waals surface area contributed by atoms with Crippen molar-refractivity contribution in [3.05, 3.63) is 84.2 Å². The van der Waals surface area contributed by atoms with Crippen LogP contribution in [-0.2, 0) is 16.1 Å². The molecule has 2 aromatic carbocycles. The maximum absolute atomic E-state index is 13.6. The average molecular weight is 650 g/mol. The van der Waals surface area contributed by atoms with Gasteiger partial charge in [-0.15, -0.1) is 0 Å². The van der Waals surface area contributed by atoms with Crippen LogP contribution in [0.4, 0.5) is 0 Å². The van der Waals surface area contributed by atoms with Gasteiger partial charge in [0.1, 0.15) is 18.2 Å². The zero-order valence-corrected chi connectivity index (χ0v) is 24.8. The second-order valence-electron chi connectivity index (χ2n) is 9.98. The second-order valence-corrected chi connectivity index (χ2v) is 12.1. The maximum atomic E-state index is 13.6. The number of nitrogens with two attached hydrogens (primary N) is 1. The molecule has 0 unspecified atom stereocenters. The molecule has 0 saturated carbocycles. The summed E-state index contributed by atoms with van der Waals surface area (Å²) < 4.78 is 12.8. The summed E-state index contributed by atoms with van der Waals surface area (Å²) in [5.74, 6) is 0.417. The van der Waals surface area contributed by atoms with Gasteiger partial charge < -0.3 is 20.1 Å². The largest absolute Gasteiger partial charge is 0.486 e. The topological polar surface area (TPSA) is 88.6 Å². The summed E-state index contributed by atoms with van der Waals surface area (Å²) in [5, 5.41) is 10.8. The molecule has 0 amide bonds. The normalized spacial score (nSPS) is 19.1. The number of allylic oxidation sites excluding steroid dienone is 3. The van der Waals surface area contributed by atoms with Gasteiger partial charge >= 0.3 is 0 Å². The van der Waals surface area contributed by atoms with E-state index < -0.39 is 5.92 Å². The third kappa shape index (κ3) is 5.61. The molecular weight excluding hydrogens is 622 g/mol. The number of carbonyl (C=O) groups excluding carboxylic acids is 1. The molecule has 0 saturated heterocycles. The van der Waals surface area contributed by atoms with Crippen LogP contribution in [0.15, 0.2) is 68.0 Å². The Morgan fingerprint density at radius 2 is 1.89 bits per heavy atom. The predicted molar refractivity (Wildman–Crippen MR) is 151 cm³/mol. The molecule has 2 aliphatic rings. The number of halogens is 3. The number of hydrogen-bond donors (Lipinski definition) is 1. The number of nitriles is 1. The van der Waals surface area contributed by atoms with Crippen molar-refractivity contribution in [1.29, 1.82) is 5.26 Å². The molecule has 0 radical (unpaired) electrons. The van der Waals surface area contributed by atoms with E-state index in [-0.39, 0.29) is 17.8 Å². The van der Waals surface area contributed by atoms with Crippen LogP contribution in [-0.4, -0.2) is 30.9 Å². The molecule has 0 aromatic heterocycles. The van der Waals surface area contributed by atoms with Crippen LogP contribution in [0.1, 0.15) is 43.7 Å². The van der Waals surface area contributed by atoms with E-state index >= 15 is 0 Å². The van der Waals surface area contributed by atoms with Gasteiger partial charge in [0.15, 0.2) is 5.78 Å². The van der Waals surface area contributed by atoms with E-state index in [2.05, 4.69) is 51.8 Å². The summed E-state index contributed by atoms with van der Waals surface area (Å²) in [6.07, 6.45) is 1.08. The Morgan fingerprint density at radius 1 is 1.22 bits per heavy atom. The summed E-state index contributed by atoms with van der Waals surface area (Å²) in [4.78, 5) is 15.5. The third-order valence-corrected chi connectivity index (χ3v) is 8.24. The van der Waals surface area contributed by atoms with E-state index in [0.717, 1.165) is 16.8 Å². The van der Waals surface area contributed by atoms with Crippen molar-refractivity contribution in [2.24, 2.45) is 11.1 Å². The van der Waals surface area contributed by atoms with Crippen LogP contribution in [0.25, 0.3) is 0 Å². The summed E-state index contributed by atoms with van der Waals surface area (Å²) in [6, 6.07) is 13.6. The standard InChI is InChI=1S/C28H28Br2ClN3O3/c1-28(2)12-22-25(23(35)13-28)24(18(14-32)27(33)34(22)8-9-36-3)17-10-19(29)26(20(30)11-17)37-15-16-6-4-5-7-21(16)31/h4-7,10-11,24H,8-9,12-13,15,33H2,1-3H3/t24-/m0/s1. The van der Waals surface area contributed by atoms with Crippen LogP contribution >= 0.6 is 43.5 Å². The van der Waals surface area contributed by atoms with E-state index in [0.29, 0.717) is 62.7 Å². The summed E-state index contributed by atoms with van der Waals surface area (Å²) in [7, 11) is 1.62. The first-order valence-electron chi connectivity index (χ1n) is 11.9. The van der Waals surface area contributed by atoms with Crippen molar-refractivity contribution in [2.45, 2.75) is 39.2 Å². The van der Waals surface area contributed by atoms with Gasteiger partial charge in [-0.1, -0.05) is 43.6 Å². The highest BCUT2D eigenvalue weighted by Gasteiger charge is 2.44. The van der Waals surface area contributed by atoms with Crippen molar-refractivity contribution in [1.82, 2.24) is 4.90 Å². The van der Waals surface area contributed by atoms with Gasteiger partial charge in [0.2, 0.25) is 0 Å². The zero-order valence-electron chi connectivity index (χ0n) is 20.9. The number of rotatable bonds is 7. The minimum Gasteiger partial charge on any atom is -0.486 e. The number of nitrogens with zero attached hydrogens (tertiary/aromatic N) is 2. The van der Waals surface area contributed by atoms with E-state index in [1.165, 1.54) is 0 Å². The molecule has 1 atom stereocenters. The first kappa shape index (κ1) is 27.7. The van der Waals surface area contributed by atoms with Gasteiger partial charge in [-0.3, -0.25) is 4.79 Å². The van der Waals surface area contributed by atoms with Gasteiger partial charge in [-0.05, 0) is 67.5 Å². The first-order chi connectivity index (χ1) is 17.6. The number of ether oxygens (including phenoxy) is 2. The Kier molecular flexibility index (Phi) is 8.39. The molecule has 37 heavy (non-hydrogen) atoms. The number of benzene rings is 2. The lowest BCUT2D eigenvalue weighted by Gasteiger charge is -2.43. The van der Waals surface area contributed by atoms with E-state index in [1.807, 2.05) is 41.3 Å². The Labute approximate surface area is 239 Å². The summed E-state index contributed by atoms with van der Waals surface area (Å²) in [6.45, 7) is 5.33. The lowest BCUT2D eigenvalue weighted by atomic mass is 9.68. The molecular formula is C28H28Br2ClN3O3. The average Bonchev–Trinajstić information content (AvgIpc) is 2.82. The molecule has 6 nitrogen and oxygen atoms in total. The van der Waals surface area contributed by atoms with Gasteiger partial charge in [0, 0.05) is 41.9 Å². The monoisotopic (exact) mass is 647 g/mol. The van der Waals surface area contributed by atoms with Crippen molar-refractivity contribution >= 4 is 49.2 Å². The van der Waals surface area contributed by atoms with Crippen LogP contribution in [0.5, 0.6) is 5.75 Å². The number of ketones is 1. The number of hydrogen-bond acceptors (Lipinski definition) is 6. The van der Waals surface area contributed by atoms with Gasteiger partial charge in [0.25, 0.3) is 0 Å². The Morgan fingerprint density at radius 3 is 2.51 bits per heavy atom. The second kappa shape index (κ2) is 11.2. The van der Waals surface area contributed by atoms with Crippen molar-refractivity contribution < 1.29 is 14.3 Å². The Balaban J connectivity index is 1.78. The Hall–Kier alpha value is -2.31. The van der Waals surface area contributed by atoms with Crippen LogP contribution in [0, 0.1) is 16.7 Å². The highest BCUT2D eigenvalue weighted by atomic mass is 79.9. The Bertz CT molecular complexity index is 1320. The molecule has 9 heteroatoms. The fourth-order valence-electron chi connectivity index (χ4n) is 5.00. The highest BCUT2D eigenvalue weighted by Crippen LogP contribution is 2.50. The smallest absolute Gasteiger partial charge is 0.162 e. The van der Waals surface area contributed by atoms with Crippen molar-refractivity contribution in [3.63, 3.8) is 0 Å². The zero-order chi connectivity index (χ0) is 26.9. The van der Waals surface area contributed by atoms with Gasteiger partial charge in [-0.2, -0.15) is 5.26 Å². The van der Waals surface area contributed by atoms with Gasteiger partial charge in [0.05, 0.1) is 33.1 Å². The molecule has 1 heterocycles. The molecule has 0 spiro atoms. The van der Waals surface area contributed by atoms with E-state index in [9.17, 15) is 10.1 Å². The van der Waals surface area contributed by atoms with Gasteiger partial charge in [-0.25, -0.2) is 0 Å². The number of carbonyl (C=O) groups is 1. The molecule has 2 aromatic rings. The molecule has 1 aliphatic carbocycles. The maximum Gasteiger partial charge on any atom is 0.162 e. The molecule has 0 bridgehead atoms. The number of Topliss-reactive ketones (excluding diaryl/α,β-unsaturated/α-hetero) is 1. The fourth-order valence-corrected chi connectivity index (χ4v) is 6.64. The lowest BCUT2D eigenvalue weighted by molar-refractivity contribution is -0.118. The molecule has 194 valence electrons. The third-order valence-electron chi connectivity index (χ3n) is 6.69. The van der Waals surface area contributed by atoms with Crippen molar-refractivity contribution in [3.8, 4) is 11.8 Å².